The van der Waals surface area contributed by atoms with Crippen LogP contribution in [0.1, 0.15) is 19.8 Å². The van der Waals surface area contributed by atoms with Crippen molar-refractivity contribution in [1.82, 2.24) is 4.90 Å². The fraction of sp³-hybridized carbons (Fsp3) is 0.350. The molecule has 1 aliphatic rings. The summed E-state index contributed by atoms with van der Waals surface area (Å²) in [5.41, 5.74) is 0.418. The van der Waals surface area contributed by atoms with Crippen LogP contribution in [0, 0.1) is 5.92 Å². The van der Waals surface area contributed by atoms with E-state index in [1.165, 1.54) is 16.4 Å². The lowest BCUT2D eigenvalue weighted by molar-refractivity contribution is -0.131. The third-order valence-electron chi connectivity index (χ3n) is 4.73. The number of amides is 1. The van der Waals surface area contributed by atoms with Crippen LogP contribution in [-0.2, 0) is 14.8 Å². The van der Waals surface area contributed by atoms with Gasteiger partial charge in [0, 0.05) is 18.1 Å². The monoisotopic (exact) mass is 406 g/mol. The number of carbonyl (C=O) groups is 1. The first kappa shape index (κ1) is 19.7. The molecule has 144 valence electrons. The molecule has 1 amide bonds. The zero-order valence-electron chi connectivity index (χ0n) is 15.2. The first-order valence-corrected chi connectivity index (χ1v) is 10.8. The molecular formula is C20H23ClN2O3S. The molecule has 0 bridgehead atoms. The third kappa shape index (κ3) is 4.62. The van der Waals surface area contributed by atoms with Crippen LogP contribution in [0.3, 0.4) is 0 Å². The van der Waals surface area contributed by atoms with E-state index < -0.39 is 10.0 Å². The quantitative estimate of drug-likeness (QED) is 0.758. The van der Waals surface area contributed by atoms with Crippen LogP contribution in [0.25, 0.3) is 0 Å². The Morgan fingerprint density at radius 1 is 1.15 bits per heavy atom. The molecule has 1 aliphatic heterocycles. The maximum atomic E-state index is 13.2. The first-order valence-electron chi connectivity index (χ1n) is 8.99. The van der Waals surface area contributed by atoms with Crippen LogP contribution in [0.15, 0.2) is 59.5 Å². The lowest BCUT2D eigenvalue weighted by Crippen LogP contribution is -2.46. The van der Waals surface area contributed by atoms with E-state index in [-0.39, 0.29) is 17.3 Å². The predicted octanol–water partition coefficient (Wildman–Crippen LogP) is 3.79. The highest BCUT2D eigenvalue weighted by Gasteiger charge is 2.30. The number of anilines is 1. The summed E-state index contributed by atoms with van der Waals surface area (Å²) < 4.78 is 27.6. The lowest BCUT2D eigenvalue weighted by atomic mass is 10.0. The van der Waals surface area contributed by atoms with E-state index in [9.17, 15) is 13.2 Å². The van der Waals surface area contributed by atoms with Crippen LogP contribution in [-0.4, -0.2) is 38.9 Å². The van der Waals surface area contributed by atoms with Crippen molar-refractivity contribution in [2.45, 2.75) is 24.7 Å². The molecule has 7 heteroatoms. The smallest absolute Gasteiger partial charge is 0.264 e. The second-order valence-electron chi connectivity index (χ2n) is 6.89. The van der Waals surface area contributed by atoms with Gasteiger partial charge in [0.15, 0.2) is 0 Å². The molecule has 0 saturated carbocycles. The molecule has 0 spiro atoms. The van der Waals surface area contributed by atoms with Gasteiger partial charge >= 0.3 is 0 Å². The van der Waals surface area contributed by atoms with Gasteiger partial charge in [-0.05, 0) is 55.2 Å². The van der Waals surface area contributed by atoms with Crippen molar-refractivity contribution in [1.29, 1.82) is 0 Å². The molecule has 5 nitrogen and oxygen atoms in total. The molecule has 2 aromatic carbocycles. The summed E-state index contributed by atoms with van der Waals surface area (Å²) in [4.78, 5) is 14.8. The minimum absolute atomic E-state index is 0.153. The maximum absolute atomic E-state index is 13.2. The zero-order chi connectivity index (χ0) is 19.4. The summed E-state index contributed by atoms with van der Waals surface area (Å²) in [5, 5.41) is 0.506. The number of nitrogens with zero attached hydrogens (tertiary/aromatic N) is 2. The molecule has 1 fully saturated rings. The SMILES string of the molecule is C[C@H]1CCCN(C(=O)CN(c2ccc(Cl)cc2)S(=O)(=O)c2ccccc2)C1. The molecule has 2 aromatic rings. The van der Waals surface area contributed by atoms with Gasteiger partial charge in [0.05, 0.1) is 10.6 Å². The number of benzene rings is 2. The number of carbonyl (C=O) groups excluding carboxylic acids is 1. The average molecular weight is 407 g/mol. The molecular weight excluding hydrogens is 384 g/mol. The van der Waals surface area contributed by atoms with Crippen LogP contribution in [0.4, 0.5) is 5.69 Å². The van der Waals surface area contributed by atoms with Crippen LogP contribution < -0.4 is 4.31 Å². The third-order valence-corrected chi connectivity index (χ3v) is 6.77. The van der Waals surface area contributed by atoms with Gasteiger partial charge in [-0.2, -0.15) is 0 Å². The van der Waals surface area contributed by atoms with Crippen molar-refractivity contribution in [2.75, 3.05) is 23.9 Å². The Labute approximate surface area is 165 Å². The predicted molar refractivity (Wildman–Crippen MR) is 107 cm³/mol. The average Bonchev–Trinajstić information content (AvgIpc) is 2.67. The van der Waals surface area contributed by atoms with Gasteiger partial charge in [0.25, 0.3) is 10.0 Å². The van der Waals surface area contributed by atoms with Gasteiger partial charge in [-0.1, -0.05) is 36.7 Å². The molecule has 0 aliphatic carbocycles. The Morgan fingerprint density at radius 3 is 2.44 bits per heavy atom. The number of hydrogen-bond acceptors (Lipinski definition) is 3. The van der Waals surface area contributed by atoms with Gasteiger partial charge in [-0.15, -0.1) is 0 Å². The fourth-order valence-corrected chi connectivity index (χ4v) is 4.84. The molecule has 3 rings (SSSR count). The summed E-state index contributed by atoms with van der Waals surface area (Å²) in [6.45, 7) is 3.21. The van der Waals surface area contributed by atoms with Gasteiger partial charge in [-0.3, -0.25) is 9.10 Å². The number of sulfonamides is 1. The van der Waals surface area contributed by atoms with E-state index in [0.29, 0.717) is 29.7 Å². The highest BCUT2D eigenvalue weighted by Crippen LogP contribution is 2.26. The van der Waals surface area contributed by atoms with Crippen molar-refractivity contribution in [3.63, 3.8) is 0 Å². The molecule has 0 N–H and O–H groups in total. The number of halogens is 1. The highest BCUT2D eigenvalue weighted by molar-refractivity contribution is 7.92. The Balaban J connectivity index is 1.93. The van der Waals surface area contributed by atoms with Crippen molar-refractivity contribution in [3.8, 4) is 0 Å². The minimum Gasteiger partial charge on any atom is -0.341 e. The molecule has 1 heterocycles. The summed E-state index contributed by atoms with van der Waals surface area (Å²) in [5.74, 6) is 0.244. The van der Waals surface area contributed by atoms with E-state index in [0.717, 1.165) is 12.8 Å². The van der Waals surface area contributed by atoms with Gasteiger partial charge in [-0.25, -0.2) is 8.42 Å². The maximum Gasteiger partial charge on any atom is 0.264 e. The van der Waals surface area contributed by atoms with Crippen molar-refractivity contribution >= 4 is 33.2 Å². The van der Waals surface area contributed by atoms with Gasteiger partial charge < -0.3 is 4.90 Å². The van der Waals surface area contributed by atoms with Crippen molar-refractivity contribution < 1.29 is 13.2 Å². The van der Waals surface area contributed by atoms with Crippen LogP contribution >= 0.6 is 11.6 Å². The number of likely N-dealkylation sites (tertiary alicyclic amines) is 1. The Kier molecular flexibility index (Phi) is 6.07. The van der Waals surface area contributed by atoms with E-state index in [2.05, 4.69) is 6.92 Å². The Morgan fingerprint density at radius 2 is 1.81 bits per heavy atom. The fourth-order valence-electron chi connectivity index (χ4n) is 3.28. The Hall–Kier alpha value is -2.05. The topological polar surface area (TPSA) is 57.7 Å². The molecule has 0 radical (unpaired) electrons. The normalized spacial score (nSPS) is 17.6. The summed E-state index contributed by atoms with van der Waals surface area (Å²) in [7, 11) is -3.87. The first-order chi connectivity index (χ1) is 12.9. The zero-order valence-corrected chi connectivity index (χ0v) is 16.8. The van der Waals surface area contributed by atoms with Gasteiger partial charge in [0.1, 0.15) is 6.54 Å². The highest BCUT2D eigenvalue weighted by atomic mass is 35.5. The summed E-state index contributed by atoms with van der Waals surface area (Å²) in [6, 6.07) is 14.6. The second kappa shape index (κ2) is 8.31. The van der Waals surface area contributed by atoms with E-state index in [1.807, 2.05) is 0 Å². The standard InChI is InChI=1S/C20H23ClN2O3S/c1-16-6-5-13-22(14-16)20(24)15-23(18-11-9-17(21)10-12-18)27(25,26)19-7-3-2-4-8-19/h2-4,7-12,16H,5-6,13-15H2,1H3/t16-/m0/s1. The van der Waals surface area contributed by atoms with Crippen molar-refractivity contribution in [2.24, 2.45) is 5.92 Å². The van der Waals surface area contributed by atoms with E-state index >= 15 is 0 Å². The molecule has 1 atom stereocenters. The summed E-state index contributed by atoms with van der Waals surface area (Å²) >= 11 is 5.95. The number of hydrogen-bond donors (Lipinski definition) is 0. The molecule has 27 heavy (non-hydrogen) atoms. The van der Waals surface area contributed by atoms with E-state index in [1.54, 1.807) is 47.4 Å². The largest absolute Gasteiger partial charge is 0.341 e. The summed E-state index contributed by atoms with van der Waals surface area (Å²) in [6.07, 6.45) is 2.03. The van der Waals surface area contributed by atoms with Crippen LogP contribution in [0.2, 0.25) is 5.02 Å². The minimum atomic E-state index is -3.87. The Bertz CT molecular complexity index is 885. The number of piperidine rings is 1. The molecule has 0 unspecified atom stereocenters. The van der Waals surface area contributed by atoms with Crippen LogP contribution in [0.5, 0.6) is 0 Å². The molecule has 1 saturated heterocycles. The van der Waals surface area contributed by atoms with Gasteiger partial charge in [0.2, 0.25) is 5.91 Å². The second-order valence-corrected chi connectivity index (χ2v) is 9.19. The lowest BCUT2D eigenvalue weighted by Gasteiger charge is -2.33. The number of rotatable bonds is 5. The molecule has 0 aromatic heterocycles. The van der Waals surface area contributed by atoms with Crippen molar-refractivity contribution in [3.05, 3.63) is 59.6 Å². The van der Waals surface area contributed by atoms with E-state index in [4.69, 9.17) is 11.6 Å².